The zero-order valence-corrected chi connectivity index (χ0v) is 11.8. The first-order chi connectivity index (χ1) is 8.17. The van der Waals surface area contributed by atoms with Gasteiger partial charge in [0.2, 0.25) is 0 Å². The van der Waals surface area contributed by atoms with Crippen LogP contribution in [0.4, 0.5) is 0 Å². The molecule has 3 heteroatoms. The third-order valence-electron chi connectivity index (χ3n) is 3.01. The lowest BCUT2D eigenvalue weighted by molar-refractivity contribution is 0.557. The van der Waals surface area contributed by atoms with Crippen molar-refractivity contribution < 1.29 is 4.21 Å². The average molecular weight is 253 g/mol. The Morgan fingerprint density at radius 2 is 2.06 bits per heavy atom. The van der Waals surface area contributed by atoms with E-state index in [1.807, 2.05) is 19.2 Å². The van der Waals surface area contributed by atoms with Crippen molar-refractivity contribution in [1.29, 1.82) is 0 Å². The number of rotatable bonds is 7. The van der Waals surface area contributed by atoms with Gasteiger partial charge in [-0.25, -0.2) is 0 Å². The molecule has 0 bridgehead atoms. The highest BCUT2D eigenvalue weighted by Crippen LogP contribution is 2.11. The molecule has 2 atom stereocenters. The zero-order valence-electron chi connectivity index (χ0n) is 11.0. The summed E-state index contributed by atoms with van der Waals surface area (Å²) in [5.74, 6) is 1.42. The molecule has 1 rings (SSSR count). The van der Waals surface area contributed by atoms with Crippen molar-refractivity contribution in [3.05, 3.63) is 35.4 Å². The van der Waals surface area contributed by atoms with Crippen molar-refractivity contribution in [2.75, 3.05) is 12.8 Å². The Balaban J connectivity index is 2.52. The lowest BCUT2D eigenvalue weighted by atomic mass is 10.1. The fourth-order valence-corrected chi connectivity index (χ4v) is 3.46. The minimum Gasteiger partial charge on any atom is -0.316 e. The molecule has 0 spiro atoms. The van der Waals surface area contributed by atoms with Gasteiger partial charge in [0.1, 0.15) is 0 Å². The Bertz CT molecular complexity index is 365. The molecule has 2 unspecified atom stereocenters. The Hall–Kier alpha value is -0.670. The van der Waals surface area contributed by atoms with E-state index >= 15 is 0 Å². The molecule has 0 saturated heterocycles. The quantitative estimate of drug-likeness (QED) is 0.809. The molecule has 0 fully saturated rings. The smallest absolute Gasteiger partial charge is 0.0488 e. The van der Waals surface area contributed by atoms with E-state index in [1.165, 1.54) is 11.1 Å². The maximum absolute atomic E-state index is 12.1. The highest BCUT2D eigenvalue weighted by Gasteiger charge is 2.11. The van der Waals surface area contributed by atoms with Gasteiger partial charge in [0.25, 0.3) is 0 Å². The van der Waals surface area contributed by atoms with E-state index in [0.29, 0.717) is 11.8 Å². The summed E-state index contributed by atoms with van der Waals surface area (Å²) in [7, 11) is 1.17. The van der Waals surface area contributed by atoms with Crippen LogP contribution in [0.3, 0.4) is 0 Å². The average Bonchev–Trinajstić information content (AvgIpc) is 2.31. The second-order valence-corrected chi connectivity index (χ2v) is 5.95. The summed E-state index contributed by atoms with van der Waals surface area (Å²) >= 11 is 0. The molecule has 0 radical (unpaired) electrons. The van der Waals surface area contributed by atoms with Gasteiger partial charge < -0.3 is 5.32 Å². The lowest BCUT2D eigenvalue weighted by Gasteiger charge is -2.15. The number of aryl methyl sites for hydroxylation is 1. The first-order valence-corrected chi connectivity index (χ1v) is 7.73. The summed E-state index contributed by atoms with van der Waals surface area (Å²) in [6, 6.07) is 8.57. The maximum atomic E-state index is 12.1. The Labute approximate surface area is 107 Å². The molecule has 1 N–H and O–H groups in total. The standard InChI is InChI=1S/C14H23NOS/c1-4-7-14(15-3)11-17(16)10-13-9-6-5-8-12(13)2/h5-6,8-9,14-15H,4,7,10-11H2,1-3H3. The van der Waals surface area contributed by atoms with E-state index in [2.05, 4.69) is 31.3 Å². The molecular weight excluding hydrogens is 230 g/mol. The van der Waals surface area contributed by atoms with Crippen LogP contribution in [0, 0.1) is 6.92 Å². The fraction of sp³-hybridized carbons (Fsp3) is 0.571. The van der Waals surface area contributed by atoms with Crippen molar-refractivity contribution >= 4 is 10.8 Å². The van der Waals surface area contributed by atoms with E-state index < -0.39 is 10.8 Å². The molecule has 0 aliphatic heterocycles. The van der Waals surface area contributed by atoms with E-state index in [9.17, 15) is 4.21 Å². The molecule has 0 aromatic heterocycles. The SMILES string of the molecule is CCCC(CS(=O)Cc1ccccc1C)NC. The molecule has 96 valence electrons. The first kappa shape index (κ1) is 14.4. The van der Waals surface area contributed by atoms with Gasteiger partial charge >= 0.3 is 0 Å². The van der Waals surface area contributed by atoms with E-state index in [-0.39, 0.29) is 0 Å². The van der Waals surface area contributed by atoms with E-state index in [0.717, 1.165) is 18.6 Å². The van der Waals surface area contributed by atoms with Crippen LogP contribution in [-0.2, 0) is 16.6 Å². The Kier molecular flexibility index (Phi) is 6.45. The third-order valence-corrected chi connectivity index (χ3v) is 4.42. The van der Waals surface area contributed by atoms with Gasteiger partial charge in [-0.2, -0.15) is 0 Å². The summed E-state index contributed by atoms with van der Waals surface area (Å²) in [5, 5.41) is 3.24. The van der Waals surface area contributed by atoms with Crippen molar-refractivity contribution in [3.8, 4) is 0 Å². The molecule has 0 aliphatic rings. The van der Waals surface area contributed by atoms with E-state index in [1.54, 1.807) is 0 Å². The Morgan fingerprint density at radius 3 is 2.65 bits per heavy atom. The summed E-state index contributed by atoms with van der Waals surface area (Å²) in [6.07, 6.45) is 2.23. The number of hydrogen-bond acceptors (Lipinski definition) is 2. The van der Waals surface area contributed by atoms with Gasteiger partial charge in [0, 0.05) is 28.3 Å². The van der Waals surface area contributed by atoms with Crippen LogP contribution < -0.4 is 5.32 Å². The van der Waals surface area contributed by atoms with Gasteiger partial charge in [-0.1, -0.05) is 37.6 Å². The second-order valence-electron chi connectivity index (χ2n) is 4.45. The molecule has 1 aromatic carbocycles. The summed E-state index contributed by atoms with van der Waals surface area (Å²) in [6.45, 7) is 4.24. The van der Waals surface area contributed by atoms with Crippen LogP contribution in [0.5, 0.6) is 0 Å². The normalized spacial score (nSPS) is 14.5. The molecule has 0 heterocycles. The predicted octanol–water partition coefficient (Wildman–Crippen LogP) is 2.63. The molecule has 17 heavy (non-hydrogen) atoms. The first-order valence-electron chi connectivity index (χ1n) is 6.24. The van der Waals surface area contributed by atoms with Crippen molar-refractivity contribution in [3.63, 3.8) is 0 Å². The third kappa shape index (κ3) is 5.00. The minimum atomic E-state index is -0.775. The van der Waals surface area contributed by atoms with Crippen LogP contribution in [-0.4, -0.2) is 23.1 Å². The minimum absolute atomic E-state index is 0.379. The largest absolute Gasteiger partial charge is 0.316 e. The molecule has 0 amide bonds. The van der Waals surface area contributed by atoms with Gasteiger partial charge in [-0.05, 0) is 31.5 Å². The molecule has 0 saturated carbocycles. The predicted molar refractivity (Wildman–Crippen MR) is 75.6 cm³/mol. The van der Waals surface area contributed by atoms with Crippen molar-refractivity contribution in [2.45, 2.75) is 38.5 Å². The molecule has 0 aliphatic carbocycles. The Morgan fingerprint density at radius 1 is 1.35 bits per heavy atom. The fourth-order valence-electron chi connectivity index (χ4n) is 1.89. The molecule has 2 nitrogen and oxygen atoms in total. The van der Waals surface area contributed by atoms with Crippen molar-refractivity contribution in [1.82, 2.24) is 5.32 Å². The summed E-state index contributed by atoms with van der Waals surface area (Å²) < 4.78 is 12.1. The highest BCUT2D eigenvalue weighted by atomic mass is 32.2. The van der Waals surface area contributed by atoms with Gasteiger partial charge in [0.15, 0.2) is 0 Å². The zero-order chi connectivity index (χ0) is 12.7. The lowest BCUT2D eigenvalue weighted by Crippen LogP contribution is -2.31. The van der Waals surface area contributed by atoms with Gasteiger partial charge in [-0.15, -0.1) is 0 Å². The van der Waals surface area contributed by atoms with Crippen LogP contribution in [0.2, 0.25) is 0 Å². The number of hydrogen-bond donors (Lipinski definition) is 1. The number of nitrogens with one attached hydrogen (secondary N) is 1. The van der Waals surface area contributed by atoms with Gasteiger partial charge in [-0.3, -0.25) is 4.21 Å². The molecular formula is C14H23NOS. The van der Waals surface area contributed by atoms with Crippen LogP contribution in [0.1, 0.15) is 30.9 Å². The van der Waals surface area contributed by atoms with Crippen molar-refractivity contribution in [2.24, 2.45) is 0 Å². The number of benzene rings is 1. The monoisotopic (exact) mass is 253 g/mol. The summed E-state index contributed by atoms with van der Waals surface area (Å²) in [5.41, 5.74) is 2.44. The van der Waals surface area contributed by atoms with Crippen LogP contribution >= 0.6 is 0 Å². The van der Waals surface area contributed by atoms with E-state index in [4.69, 9.17) is 0 Å². The summed E-state index contributed by atoms with van der Waals surface area (Å²) in [4.78, 5) is 0. The van der Waals surface area contributed by atoms with Crippen LogP contribution in [0.15, 0.2) is 24.3 Å². The van der Waals surface area contributed by atoms with Crippen LogP contribution in [0.25, 0.3) is 0 Å². The maximum Gasteiger partial charge on any atom is 0.0488 e. The highest BCUT2D eigenvalue weighted by molar-refractivity contribution is 7.84. The van der Waals surface area contributed by atoms with Gasteiger partial charge in [0.05, 0.1) is 0 Å². The second kappa shape index (κ2) is 7.62. The topological polar surface area (TPSA) is 29.1 Å². The molecule has 1 aromatic rings.